The summed E-state index contributed by atoms with van der Waals surface area (Å²) in [5.41, 5.74) is 1.35. The molecule has 0 saturated carbocycles. The lowest BCUT2D eigenvalue weighted by Crippen LogP contribution is -2.52. The van der Waals surface area contributed by atoms with E-state index in [2.05, 4.69) is 15.2 Å². The van der Waals surface area contributed by atoms with Crippen molar-refractivity contribution in [3.05, 3.63) is 42.5 Å². The first-order valence-electron chi connectivity index (χ1n) is 7.92. The van der Waals surface area contributed by atoms with Gasteiger partial charge in [0.25, 0.3) is 0 Å². The molecule has 6 nitrogen and oxygen atoms in total. The predicted octanol–water partition coefficient (Wildman–Crippen LogP) is 3.09. The third-order valence-electron chi connectivity index (χ3n) is 4.27. The number of aromatic hydroxyl groups is 1. The second-order valence-corrected chi connectivity index (χ2v) is 6.95. The van der Waals surface area contributed by atoms with Gasteiger partial charge in [-0.2, -0.15) is 0 Å². The number of hydrogen-bond acceptors (Lipinski definition) is 6. The van der Waals surface area contributed by atoms with Crippen molar-refractivity contribution < 1.29 is 14.6 Å². The molecule has 0 radical (unpaired) electrons. The quantitative estimate of drug-likeness (QED) is 0.704. The maximum atomic E-state index is 12.3. The zero-order chi connectivity index (χ0) is 17.4. The minimum absolute atomic E-state index is 0.0761. The predicted molar refractivity (Wildman–Crippen MR) is 98.6 cm³/mol. The number of phenolic OH excluding ortho intramolecular Hbond substituents is 1. The Hall–Kier alpha value is -2.80. The Bertz CT molecular complexity index is 934. The standard InChI is InChI=1S/C18H17N3O3S/c1-24-12-6-7-16-14(8-12)20-18(25-16)21-9-11(10-21)17(23)19-13-4-2-3-5-15(13)22/h2-8,11,22H,9-10H2,1H3,(H,19,23). The highest BCUT2D eigenvalue weighted by Gasteiger charge is 2.34. The van der Waals surface area contributed by atoms with Crippen molar-refractivity contribution in [2.24, 2.45) is 5.92 Å². The molecule has 3 aromatic rings. The van der Waals surface area contributed by atoms with Crippen LogP contribution < -0.4 is 15.0 Å². The SMILES string of the molecule is COc1ccc2sc(N3CC(C(=O)Nc4ccccc4O)C3)nc2c1. The van der Waals surface area contributed by atoms with Crippen molar-refractivity contribution in [2.45, 2.75) is 0 Å². The van der Waals surface area contributed by atoms with Crippen molar-refractivity contribution in [2.75, 3.05) is 30.4 Å². The minimum atomic E-state index is -0.110. The fourth-order valence-corrected chi connectivity index (χ4v) is 3.74. The molecule has 1 amide bonds. The Kier molecular flexibility index (Phi) is 3.93. The van der Waals surface area contributed by atoms with Gasteiger partial charge in [0.2, 0.25) is 5.91 Å². The van der Waals surface area contributed by atoms with Gasteiger partial charge in [0, 0.05) is 19.2 Å². The van der Waals surface area contributed by atoms with Crippen LogP contribution in [0.25, 0.3) is 10.2 Å². The Morgan fingerprint density at radius 3 is 2.88 bits per heavy atom. The topological polar surface area (TPSA) is 74.7 Å². The number of ether oxygens (including phenoxy) is 1. The van der Waals surface area contributed by atoms with Crippen LogP contribution in [0, 0.1) is 5.92 Å². The maximum absolute atomic E-state index is 12.3. The Morgan fingerprint density at radius 1 is 1.32 bits per heavy atom. The van der Waals surface area contributed by atoms with E-state index in [4.69, 9.17) is 4.74 Å². The molecule has 2 N–H and O–H groups in total. The number of carbonyl (C=O) groups is 1. The molecule has 1 aliphatic rings. The molecule has 0 atom stereocenters. The van der Waals surface area contributed by atoms with Crippen LogP contribution in [0.3, 0.4) is 0 Å². The zero-order valence-corrected chi connectivity index (χ0v) is 14.4. The molecule has 1 fully saturated rings. The molecule has 2 heterocycles. The van der Waals surface area contributed by atoms with Crippen LogP contribution in [0.2, 0.25) is 0 Å². The highest BCUT2D eigenvalue weighted by molar-refractivity contribution is 7.22. The number of amides is 1. The van der Waals surface area contributed by atoms with Gasteiger partial charge in [-0.25, -0.2) is 4.98 Å². The van der Waals surface area contributed by atoms with Gasteiger partial charge in [-0.1, -0.05) is 23.5 Å². The smallest absolute Gasteiger partial charge is 0.231 e. The summed E-state index contributed by atoms with van der Waals surface area (Å²) in [4.78, 5) is 19.0. The van der Waals surface area contributed by atoms with Crippen molar-refractivity contribution in [1.29, 1.82) is 0 Å². The molecule has 1 aliphatic heterocycles. The lowest BCUT2D eigenvalue weighted by atomic mass is 10.00. The van der Waals surface area contributed by atoms with Crippen molar-refractivity contribution in [1.82, 2.24) is 4.98 Å². The molecule has 25 heavy (non-hydrogen) atoms. The number of nitrogens with zero attached hydrogens (tertiary/aromatic N) is 2. The maximum Gasteiger partial charge on any atom is 0.231 e. The van der Waals surface area contributed by atoms with Crippen LogP contribution in [0.4, 0.5) is 10.8 Å². The molecule has 7 heteroatoms. The largest absolute Gasteiger partial charge is 0.506 e. The number of aromatic nitrogens is 1. The molecule has 0 spiro atoms. The van der Waals surface area contributed by atoms with E-state index in [9.17, 15) is 9.90 Å². The molecule has 1 saturated heterocycles. The van der Waals surface area contributed by atoms with Gasteiger partial charge in [-0.05, 0) is 24.3 Å². The molecular weight excluding hydrogens is 338 g/mol. The number of para-hydroxylation sites is 2. The number of methoxy groups -OCH3 is 1. The molecule has 0 aliphatic carbocycles. The summed E-state index contributed by atoms with van der Waals surface area (Å²) in [5, 5.41) is 13.4. The molecule has 0 unspecified atom stereocenters. The monoisotopic (exact) mass is 355 g/mol. The van der Waals surface area contributed by atoms with E-state index in [0.29, 0.717) is 18.8 Å². The van der Waals surface area contributed by atoms with Gasteiger partial charge in [0.05, 0.1) is 28.9 Å². The number of benzene rings is 2. The third kappa shape index (κ3) is 2.98. The molecule has 1 aromatic heterocycles. The minimum Gasteiger partial charge on any atom is -0.506 e. The van der Waals surface area contributed by atoms with E-state index >= 15 is 0 Å². The molecular formula is C18H17N3O3S. The van der Waals surface area contributed by atoms with Crippen LogP contribution >= 0.6 is 11.3 Å². The number of rotatable bonds is 4. The van der Waals surface area contributed by atoms with Gasteiger partial charge in [-0.15, -0.1) is 0 Å². The second kappa shape index (κ2) is 6.25. The van der Waals surface area contributed by atoms with Crippen LogP contribution in [0.1, 0.15) is 0 Å². The summed E-state index contributed by atoms with van der Waals surface area (Å²) < 4.78 is 6.32. The Labute approximate surface area is 148 Å². The van der Waals surface area contributed by atoms with E-state index in [1.165, 1.54) is 0 Å². The molecule has 0 bridgehead atoms. The van der Waals surface area contributed by atoms with Gasteiger partial charge >= 0.3 is 0 Å². The first-order chi connectivity index (χ1) is 12.1. The Morgan fingerprint density at radius 2 is 2.12 bits per heavy atom. The van der Waals surface area contributed by atoms with Crippen molar-refractivity contribution >= 4 is 38.3 Å². The van der Waals surface area contributed by atoms with Crippen molar-refractivity contribution in [3.8, 4) is 11.5 Å². The van der Waals surface area contributed by atoms with E-state index in [0.717, 1.165) is 21.1 Å². The lowest BCUT2D eigenvalue weighted by Gasteiger charge is -2.37. The van der Waals surface area contributed by atoms with Crippen LogP contribution in [0.15, 0.2) is 42.5 Å². The van der Waals surface area contributed by atoms with Gasteiger partial charge in [0.1, 0.15) is 11.5 Å². The van der Waals surface area contributed by atoms with E-state index < -0.39 is 0 Å². The summed E-state index contributed by atoms with van der Waals surface area (Å²) in [5.74, 6) is 0.668. The first-order valence-corrected chi connectivity index (χ1v) is 8.74. The lowest BCUT2D eigenvalue weighted by molar-refractivity contribution is -0.120. The average Bonchev–Trinajstić information content (AvgIpc) is 2.98. The summed E-state index contributed by atoms with van der Waals surface area (Å²) in [6.07, 6.45) is 0. The van der Waals surface area contributed by atoms with E-state index in [1.54, 1.807) is 42.7 Å². The zero-order valence-electron chi connectivity index (χ0n) is 13.6. The number of carbonyl (C=O) groups excluding carboxylic acids is 1. The fraction of sp³-hybridized carbons (Fsp3) is 0.222. The number of hydrogen-bond donors (Lipinski definition) is 2. The normalized spacial score (nSPS) is 14.4. The van der Waals surface area contributed by atoms with E-state index in [1.807, 2.05) is 18.2 Å². The first kappa shape index (κ1) is 15.7. The molecule has 2 aromatic carbocycles. The third-order valence-corrected chi connectivity index (χ3v) is 5.37. The van der Waals surface area contributed by atoms with E-state index in [-0.39, 0.29) is 17.6 Å². The summed E-state index contributed by atoms with van der Waals surface area (Å²) >= 11 is 1.61. The van der Waals surface area contributed by atoms with Crippen LogP contribution in [0.5, 0.6) is 11.5 Å². The number of fused-ring (bicyclic) bond motifs is 1. The van der Waals surface area contributed by atoms with Gasteiger partial charge < -0.3 is 20.1 Å². The molecule has 4 rings (SSSR count). The second-order valence-electron chi connectivity index (χ2n) is 5.94. The van der Waals surface area contributed by atoms with Gasteiger partial charge in [-0.3, -0.25) is 4.79 Å². The van der Waals surface area contributed by atoms with Gasteiger partial charge in [0.15, 0.2) is 5.13 Å². The average molecular weight is 355 g/mol. The number of anilines is 2. The summed E-state index contributed by atoms with van der Waals surface area (Å²) in [7, 11) is 1.64. The summed E-state index contributed by atoms with van der Waals surface area (Å²) in [6, 6.07) is 12.6. The number of nitrogens with one attached hydrogen (secondary N) is 1. The highest BCUT2D eigenvalue weighted by Crippen LogP contribution is 2.35. The summed E-state index contributed by atoms with van der Waals surface area (Å²) in [6.45, 7) is 1.24. The van der Waals surface area contributed by atoms with Crippen molar-refractivity contribution in [3.63, 3.8) is 0 Å². The molecule has 128 valence electrons. The number of thiazole rings is 1. The fourth-order valence-electron chi connectivity index (χ4n) is 2.77. The highest BCUT2D eigenvalue weighted by atomic mass is 32.1. The number of phenols is 1. The van der Waals surface area contributed by atoms with Crippen LogP contribution in [-0.2, 0) is 4.79 Å². The van der Waals surface area contributed by atoms with Crippen LogP contribution in [-0.4, -0.2) is 36.2 Å². The Balaban J connectivity index is 1.41.